The Bertz CT molecular complexity index is 1290. The molecule has 0 radical (unpaired) electrons. The number of rotatable bonds is 6. The summed E-state index contributed by atoms with van der Waals surface area (Å²) in [4.78, 5) is 20.8. The maximum atomic E-state index is 13.8. The van der Waals surface area contributed by atoms with E-state index in [1.54, 1.807) is 24.3 Å². The van der Waals surface area contributed by atoms with Crippen LogP contribution in [0.4, 0.5) is 8.78 Å². The maximum absolute atomic E-state index is 13.8. The highest BCUT2D eigenvalue weighted by atomic mass is 19.1. The molecule has 4 rings (SSSR count). The summed E-state index contributed by atoms with van der Waals surface area (Å²) in [5.74, 6) is -3.20. The molecule has 162 valence electrons. The summed E-state index contributed by atoms with van der Waals surface area (Å²) < 4.78 is 27.6. The zero-order valence-electron chi connectivity index (χ0n) is 16.6. The van der Waals surface area contributed by atoms with Crippen molar-refractivity contribution in [2.75, 3.05) is 6.61 Å². The predicted molar refractivity (Wildman–Crippen MR) is 115 cm³/mol. The summed E-state index contributed by atoms with van der Waals surface area (Å²) >= 11 is 0. The third kappa shape index (κ3) is 4.14. The molecular formula is C24H18F2N2O4. The number of benzene rings is 3. The van der Waals surface area contributed by atoms with E-state index in [0.717, 1.165) is 12.1 Å². The number of para-hydroxylation sites is 2. The topological polar surface area (TPSA) is 106 Å². The second-order valence-electron chi connectivity index (χ2n) is 7.14. The van der Waals surface area contributed by atoms with Crippen molar-refractivity contribution < 1.29 is 28.9 Å². The number of aromatic amines is 1. The number of H-pyrrole nitrogens is 1. The number of hydrogen-bond donors (Lipinski definition) is 4. The summed E-state index contributed by atoms with van der Waals surface area (Å²) in [5, 5.41) is 30.1. The Morgan fingerprint density at radius 1 is 0.969 bits per heavy atom. The van der Waals surface area contributed by atoms with Crippen molar-refractivity contribution in [2.24, 2.45) is 0 Å². The monoisotopic (exact) mass is 436 g/mol. The Balaban J connectivity index is 1.92. The van der Waals surface area contributed by atoms with Gasteiger partial charge in [0, 0.05) is 17.2 Å². The van der Waals surface area contributed by atoms with Crippen molar-refractivity contribution in [3.63, 3.8) is 0 Å². The predicted octanol–water partition coefficient (Wildman–Crippen LogP) is 4.18. The molecule has 1 aromatic heterocycles. The summed E-state index contributed by atoms with van der Waals surface area (Å²) in [5.41, 5.74) is 0.943. The van der Waals surface area contributed by atoms with Crippen LogP contribution < -0.4 is 0 Å². The summed E-state index contributed by atoms with van der Waals surface area (Å²) in [6, 6.07) is 15.3. The second kappa shape index (κ2) is 8.70. The highest BCUT2D eigenvalue weighted by molar-refractivity contribution is 6.33. The Morgan fingerprint density at radius 2 is 1.69 bits per heavy atom. The number of nitrogens with zero attached hydrogens (tertiary/aromatic N) is 1. The van der Waals surface area contributed by atoms with Gasteiger partial charge in [0.05, 0.1) is 17.6 Å². The Labute approximate surface area is 181 Å². The summed E-state index contributed by atoms with van der Waals surface area (Å²) in [7, 11) is 0. The van der Waals surface area contributed by atoms with E-state index in [2.05, 4.69) is 9.97 Å². The largest absolute Gasteiger partial charge is 0.506 e. The van der Waals surface area contributed by atoms with E-state index in [-0.39, 0.29) is 22.5 Å². The quantitative estimate of drug-likeness (QED) is 0.206. The first kappa shape index (κ1) is 21.4. The van der Waals surface area contributed by atoms with Gasteiger partial charge in [-0.15, -0.1) is 0 Å². The number of halogens is 2. The molecule has 0 bridgehead atoms. The van der Waals surface area contributed by atoms with Crippen LogP contribution in [0.1, 0.15) is 33.4 Å². The van der Waals surface area contributed by atoms with Crippen molar-refractivity contribution in [1.29, 1.82) is 0 Å². The first-order valence-electron chi connectivity index (χ1n) is 9.66. The van der Waals surface area contributed by atoms with Crippen LogP contribution in [-0.4, -0.2) is 37.7 Å². The van der Waals surface area contributed by atoms with Gasteiger partial charge >= 0.3 is 0 Å². The number of ketones is 1. The van der Waals surface area contributed by atoms with E-state index in [4.69, 9.17) is 0 Å². The van der Waals surface area contributed by atoms with Gasteiger partial charge in [0.1, 0.15) is 34.9 Å². The molecule has 4 N–H and O–H groups in total. The normalized spacial score (nSPS) is 13.1. The van der Waals surface area contributed by atoms with Crippen molar-refractivity contribution in [2.45, 2.75) is 6.10 Å². The molecule has 0 unspecified atom stereocenters. The molecule has 0 spiro atoms. The molecule has 0 saturated heterocycles. The lowest BCUT2D eigenvalue weighted by Crippen LogP contribution is -2.10. The van der Waals surface area contributed by atoms with Gasteiger partial charge in [-0.2, -0.15) is 0 Å². The molecule has 3 aromatic carbocycles. The lowest BCUT2D eigenvalue weighted by Gasteiger charge is -2.12. The first-order chi connectivity index (χ1) is 15.4. The molecule has 0 aliphatic carbocycles. The number of hydrogen-bond acceptors (Lipinski definition) is 5. The van der Waals surface area contributed by atoms with Crippen molar-refractivity contribution >= 4 is 28.1 Å². The van der Waals surface area contributed by atoms with E-state index in [1.807, 2.05) is 0 Å². The summed E-state index contributed by atoms with van der Waals surface area (Å²) in [6.07, 6.45) is -1.20. The van der Waals surface area contributed by atoms with Crippen molar-refractivity contribution in [3.8, 4) is 0 Å². The van der Waals surface area contributed by atoms with Crippen LogP contribution in [0.25, 0.3) is 22.4 Å². The fourth-order valence-corrected chi connectivity index (χ4v) is 3.37. The van der Waals surface area contributed by atoms with Crippen LogP contribution in [0, 0.1) is 11.6 Å². The maximum Gasteiger partial charge on any atom is 0.200 e. The third-order valence-corrected chi connectivity index (χ3v) is 4.93. The fraction of sp³-hybridized carbons (Fsp3) is 0.0833. The lowest BCUT2D eigenvalue weighted by atomic mass is 9.96. The average molecular weight is 436 g/mol. The highest BCUT2D eigenvalue weighted by Crippen LogP contribution is 2.29. The van der Waals surface area contributed by atoms with Crippen molar-refractivity contribution in [3.05, 3.63) is 101 Å². The number of aliphatic hydroxyl groups is 3. The highest BCUT2D eigenvalue weighted by Gasteiger charge is 2.25. The van der Waals surface area contributed by atoms with E-state index in [0.29, 0.717) is 22.7 Å². The zero-order chi connectivity index (χ0) is 22.8. The number of Topliss-reactive ketones (excluding diaryl/α,β-unsaturated/α-hetero) is 1. The Kier molecular flexibility index (Phi) is 5.81. The molecule has 1 atom stereocenters. The molecular weight excluding hydrogens is 418 g/mol. The van der Waals surface area contributed by atoms with E-state index < -0.39 is 35.9 Å². The standard InChI is InChI=1S/C24H18F2N2O4/c25-16-9-15(10-17(26)11-16)23(32)21(24-27-18-6-1-2-7-19(18)28-24)22(31)14-5-3-4-13(8-14)20(30)12-29/h1-11,20,29-30,32H,12H2,(H,27,28)/b23-21-/t20-/m1/s1. The van der Waals surface area contributed by atoms with E-state index in [1.165, 1.54) is 24.3 Å². The van der Waals surface area contributed by atoms with Crippen LogP contribution >= 0.6 is 0 Å². The van der Waals surface area contributed by atoms with Gasteiger partial charge < -0.3 is 20.3 Å². The zero-order valence-corrected chi connectivity index (χ0v) is 16.6. The molecule has 0 fully saturated rings. The number of aromatic nitrogens is 2. The number of imidazole rings is 1. The number of carbonyl (C=O) groups is 1. The second-order valence-corrected chi connectivity index (χ2v) is 7.14. The van der Waals surface area contributed by atoms with Crippen LogP contribution in [-0.2, 0) is 0 Å². The van der Waals surface area contributed by atoms with Gasteiger partial charge in [-0.25, -0.2) is 13.8 Å². The molecule has 0 aliphatic rings. The van der Waals surface area contributed by atoms with Crippen LogP contribution in [0.15, 0.2) is 66.7 Å². The SMILES string of the molecule is O=C(/C(=C(/O)c1cc(F)cc(F)c1)c1nc2ccccc2[nH]1)c1cccc([C@H](O)CO)c1. The van der Waals surface area contributed by atoms with E-state index >= 15 is 0 Å². The van der Waals surface area contributed by atoms with Gasteiger partial charge in [-0.1, -0.05) is 30.3 Å². The molecule has 1 heterocycles. The van der Waals surface area contributed by atoms with Crippen LogP contribution in [0.3, 0.4) is 0 Å². The minimum Gasteiger partial charge on any atom is -0.506 e. The minimum atomic E-state index is -1.20. The molecule has 0 amide bonds. The number of allylic oxidation sites excluding steroid dienone is 1. The van der Waals surface area contributed by atoms with Gasteiger partial charge in [0.15, 0.2) is 0 Å². The number of fused-ring (bicyclic) bond motifs is 1. The van der Waals surface area contributed by atoms with Gasteiger partial charge in [-0.3, -0.25) is 4.79 Å². The Hall–Kier alpha value is -3.88. The molecule has 4 aromatic rings. The molecule has 8 heteroatoms. The number of carbonyl (C=O) groups excluding carboxylic acids is 1. The lowest BCUT2D eigenvalue weighted by molar-refractivity contribution is 0.0953. The van der Waals surface area contributed by atoms with Gasteiger partial charge in [0.25, 0.3) is 0 Å². The molecule has 32 heavy (non-hydrogen) atoms. The van der Waals surface area contributed by atoms with Crippen LogP contribution in [0.2, 0.25) is 0 Å². The Morgan fingerprint density at radius 3 is 2.38 bits per heavy atom. The first-order valence-corrected chi connectivity index (χ1v) is 9.66. The van der Waals surface area contributed by atoms with Crippen LogP contribution in [0.5, 0.6) is 0 Å². The minimum absolute atomic E-state index is 0.00600. The van der Waals surface area contributed by atoms with Gasteiger partial charge in [-0.05, 0) is 35.9 Å². The fourth-order valence-electron chi connectivity index (χ4n) is 3.37. The smallest absolute Gasteiger partial charge is 0.200 e. The molecule has 0 aliphatic heterocycles. The number of aliphatic hydroxyl groups excluding tert-OH is 3. The molecule has 0 saturated carbocycles. The van der Waals surface area contributed by atoms with E-state index in [9.17, 15) is 28.9 Å². The van der Waals surface area contributed by atoms with Gasteiger partial charge in [0.2, 0.25) is 5.78 Å². The average Bonchev–Trinajstić information content (AvgIpc) is 3.21. The molecule has 6 nitrogen and oxygen atoms in total. The van der Waals surface area contributed by atoms with Crippen molar-refractivity contribution in [1.82, 2.24) is 9.97 Å². The summed E-state index contributed by atoms with van der Waals surface area (Å²) in [6.45, 7) is -0.544. The number of nitrogens with one attached hydrogen (secondary N) is 1. The third-order valence-electron chi connectivity index (χ3n) is 4.93.